The van der Waals surface area contributed by atoms with Gasteiger partial charge in [0.15, 0.2) is 5.65 Å². The van der Waals surface area contributed by atoms with E-state index in [1.165, 1.54) is 23.7 Å². The van der Waals surface area contributed by atoms with Gasteiger partial charge in [-0.15, -0.1) is 0 Å². The van der Waals surface area contributed by atoms with Gasteiger partial charge in [-0.3, -0.25) is 4.79 Å². The Labute approximate surface area is 149 Å². The average molecular weight is 386 g/mol. The maximum absolute atomic E-state index is 12.9. The van der Waals surface area contributed by atoms with E-state index in [0.717, 1.165) is 12.1 Å². The van der Waals surface area contributed by atoms with E-state index in [1.54, 1.807) is 6.92 Å². The molecule has 0 amide bonds. The van der Waals surface area contributed by atoms with Crippen LogP contribution in [0.4, 0.5) is 22.0 Å². The lowest BCUT2D eigenvalue weighted by molar-refractivity contribution is -0.137. The normalized spacial score (nSPS) is 13.5. The van der Waals surface area contributed by atoms with Crippen molar-refractivity contribution in [3.8, 4) is 0 Å². The van der Waals surface area contributed by atoms with Gasteiger partial charge < -0.3 is 4.98 Å². The number of nitrogens with one attached hydrogen (secondary N) is 1. The number of aryl methyl sites for hydroxylation is 1. The molecule has 144 valence electrons. The van der Waals surface area contributed by atoms with Crippen LogP contribution in [0.5, 0.6) is 0 Å². The van der Waals surface area contributed by atoms with Crippen LogP contribution in [0.1, 0.15) is 35.6 Å². The Hall–Kier alpha value is -2.78. The third kappa shape index (κ3) is 3.69. The molecule has 1 atom stereocenters. The smallest absolute Gasteiger partial charge is 0.310 e. The second-order valence-corrected chi connectivity index (χ2v) is 6.13. The molecule has 2 aromatic heterocycles. The number of rotatable bonds is 4. The Morgan fingerprint density at radius 1 is 1.19 bits per heavy atom. The first-order valence-corrected chi connectivity index (χ1v) is 8.01. The summed E-state index contributed by atoms with van der Waals surface area (Å²) < 4.78 is 65.2. The standard InChI is InChI=1S/C17H15F5N4O/c1-8(10-3-5-11(6-4-10)17(20,21)22)26-15-14(12(25-26)7-13(18)19)16(27)24-9(2)23-15/h3-6,8,13H,7H2,1-2H3,(H,23,24,27). The number of nitrogens with zero attached hydrogens (tertiary/aromatic N) is 3. The van der Waals surface area contributed by atoms with Crippen molar-refractivity contribution in [2.45, 2.75) is 38.9 Å². The van der Waals surface area contributed by atoms with Gasteiger partial charge in [0, 0.05) is 0 Å². The van der Waals surface area contributed by atoms with Crippen molar-refractivity contribution in [1.29, 1.82) is 0 Å². The lowest BCUT2D eigenvalue weighted by Gasteiger charge is -2.15. The van der Waals surface area contributed by atoms with Crippen molar-refractivity contribution in [3.63, 3.8) is 0 Å². The fourth-order valence-corrected chi connectivity index (χ4v) is 2.88. The molecule has 10 heteroatoms. The summed E-state index contributed by atoms with van der Waals surface area (Å²) in [5, 5.41) is 4.07. The fourth-order valence-electron chi connectivity index (χ4n) is 2.88. The summed E-state index contributed by atoms with van der Waals surface area (Å²) in [6.07, 6.45) is -7.90. The number of halogens is 5. The van der Waals surface area contributed by atoms with Crippen LogP contribution >= 0.6 is 0 Å². The van der Waals surface area contributed by atoms with E-state index in [0.29, 0.717) is 5.56 Å². The molecule has 0 aliphatic carbocycles. The number of alkyl halides is 5. The Morgan fingerprint density at radius 2 is 1.81 bits per heavy atom. The molecule has 5 nitrogen and oxygen atoms in total. The highest BCUT2D eigenvalue weighted by molar-refractivity contribution is 5.77. The molecule has 0 saturated heterocycles. The minimum absolute atomic E-state index is 0.0420. The Bertz CT molecular complexity index is 1020. The van der Waals surface area contributed by atoms with Gasteiger partial charge in [0.05, 0.1) is 23.7 Å². The van der Waals surface area contributed by atoms with Crippen molar-refractivity contribution < 1.29 is 22.0 Å². The van der Waals surface area contributed by atoms with E-state index in [2.05, 4.69) is 15.1 Å². The van der Waals surface area contributed by atoms with E-state index in [-0.39, 0.29) is 22.6 Å². The van der Waals surface area contributed by atoms with Crippen LogP contribution in [-0.2, 0) is 12.6 Å². The van der Waals surface area contributed by atoms with Crippen molar-refractivity contribution in [3.05, 3.63) is 57.3 Å². The minimum atomic E-state index is -4.46. The highest BCUT2D eigenvalue weighted by Crippen LogP contribution is 2.31. The molecule has 0 fully saturated rings. The van der Waals surface area contributed by atoms with Gasteiger partial charge in [0.25, 0.3) is 5.56 Å². The molecule has 27 heavy (non-hydrogen) atoms. The lowest BCUT2D eigenvalue weighted by Crippen LogP contribution is -2.13. The zero-order valence-electron chi connectivity index (χ0n) is 14.3. The van der Waals surface area contributed by atoms with E-state index in [4.69, 9.17) is 0 Å². The molecule has 0 bridgehead atoms. The number of benzene rings is 1. The van der Waals surface area contributed by atoms with Crippen molar-refractivity contribution >= 4 is 11.0 Å². The van der Waals surface area contributed by atoms with Gasteiger partial charge in [-0.25, -0.2) is 18.4 Å². The first-order chi connectivity index (χ1) is 12.6. The lowest BCUT2D eigenvalue weighted by atomic mass is 10.1. The quantitative estimate of drug-likeness (QED) is 0.693. The molecule has 0 aliphatic rings. The summed E-state index contributed by atoms with van der Waals surface area (Å²) in [7, 11) is 0. The Balaban J connectivity index is 2.11. The van der Waals surface area contributed by atoms with E-state index in [9.17, 15) is 26.7 Å². The van der Waals surface area contributed by atoms with E-state index < -0.39 is 36.2 Å². The van der Waals surface area contributed by atoms with Crippen molar-refractivity contribution in [2.75, 3.05) is 0 Å². The van der Waals surface area contributed by atoms with Gasteiger partial charge in [-0.2, -0.15) is 18.3 Å². The maximum atomic E-state index is 12.9. The summed E-state index contributed by atoms with van der Waals surface area (Å²) >= 11 is 0. The Kier molecular flexibility index (Phi) is 4.75. The molecule has 0 spiro atoms. The maximum Gasteiger partial charge on any atom is 0.416 e. The third-order valence-corrected chi connectivity index (χ3v) is 4.19. The predicted molar refractivity (Wildman–Crippen MR) is 87.9 cm³/mol. The van der Waals surface area contributed by atoms with Crippen LogP contribution in [-0.4, -0.2) is 26.2 Å². The molecule has 0 saturated carbocycles. The van der Waals surface area contributed by atoms with Crippen LogP contribution < -0.4 is 5.56 Å². The molecular weight excluding hydrogens is 371 g/mol. The van der Waals surface area contributed by atoms with Crippen LogP contribution in [0.15, 0.2) is 29.1 Å². The first kappa shape index (κ1) is 19.0. The van der Waals surface area contributed by atoms with Gasteiger partial charge >= 0.3 is 6.18 Å². The number of aromatic amines is 1. The van der Waals surface area contributed by atoms with E-state index >= 15 is 0 Å². The molecule has 3 rings (SSSR count). The minimum Gasteiger partial charge on any atom is -0.310 e. The largest absolute Gasteiger partial charge is 0.416 e. The summed E-state index contributed by atoms with van der Waals surface area (Å²) in [5.74, 6) is 0.275. The van der Waals surface area contributed by atoms with Gasteiger partial charge in [-0.05, 0) is 31.5 Å². The summed E-state index contributed by atoms with van der Waals surface area (Å²) in [5.41, 5.74) is -0.908. The molecular formula is C17H15F5N4O. The molecule has 1 aromatic carbocycles. The van der Waals surface area contributed by atoms with Gasteiger partial charge in [0.1, 0.15) is 11.2 Å². The van der Waals surface area contributed by atoms with Gasteiger partial charge in [0.2, 0.25) is 6.43 Å². The third-order valence-electron chi connectivity index (χ3n) is 4.19. The molecule has 2 heterocycles. The molecule has 3 aromatic rings. The fraction of sp³-hybridized carbons (Fsp3) is 0.353. The number of fused-ring (bicyclic) bond motifs is 1. The molecule has 1 unspecified atom stereocenters. The second kappa shape index (κ2) is 6.75. The highest BCUT2D eigenvalue weighted by Gasteiger charge is 2.30. The zero-order chi connectivity index (χ0) is 19.9. The van der Waals surface area contributed by atoms with Crippen molar-refractivity contribution in [2.24, 2.45) is 0 Å². The highest BCUT2D eigenvalue weighted by atomic mass is 19.4. The van der Waals surface area contributed by atoms with Crippen LogP contribution in [0.25, 0.3) is 11.0 Å². The van der Waals surface area contributed by atoms with Crippen LogP contribution in [0.3, 0.4) is 0 Å². The SMILES string of the molecule is Cc1nc2c(c(CC(F)F)nn2C(C)c2ccc(C(F)(F)F)cc2)c(=O)[nH]1. The van der Waals surface area contributed by atoms with Crippen LogP contribution in [0.2, 0.25) is 0 Å². The number of aromatic nitrogens is 4. The van der Waals surface area contributed by atoms with Gasteiger partial charge in [-0.1, -0.05) is 12.1 Å². The number of hydrogen-bond donors (Lipinski definition) is 1. The zero-order valence-corrected chi connectivity index (χ0v) is 14.3. The summed E-state index contributed by atoms with van der Waals surface area (Å²) in [4.78, 5) is 18.9. The predicted octanol–water partition coefficient (Wildman–Crippen LogP) is 3.86. The topological polar surface area (TPSA) is 63.6 Å². The molecule has 0 radical (unpaired) electrons. The molecule has 1 N–H and O–H groups in total. The summed E-state index contributed by atoms with van der Waals surface area (Å²) in [6, 6.07) is 3.82. The average Bonchev–Trinajstić information content (AvgIpc) is 2.91. The summed E-state index contributed by atoms with van der Waals surface area (Å²) in [6.45, 7) is 3.17. The monoisotopic (exact) mass is 386 g/mol. The van der Waals surface area contributed by atoms with Crippen LogP contribution in [0, 0.1) is 6.92 Å². The van der Waals surface area contributed by atoms with E-state index in [1.807, 2.05) is 0 Å². The molecule has 0 aliphatic heterocycles. The first-order valence-electron chi connectivity index (χ1n) is 8.01. The number of H-pyrrole nitrogens is 1. The van der Waals surface area contributed by atoms with Crippen molar-refractivity contribution in [1.82, 2.24) is 19.7 Å². The number of hydrogen-bond acceptors (Lipinski definition) is 3. The Morgan fingerprint density at radius 3 is 2.37 bits per heavy atom. The second-order valence-electron chi connectivity index (χ2n) is 6.13.